The van der Waals surface area contributed by atoms with Gasteiger partial charge in [-0.3, -0.25) is 0 Å². The summed E-state index contributed by atoms with van der Waals surface area (Å²) in [4.78, 5) is 0. The van der Waals surface area contributed by atoms with E-state index in [0.717, 1.165) is 17.9 Å². The molecule has 0 aromatic heterocycles. The lowest BCUT2D eigenvalue weighted by Gasteiger charge is -2.19. The predicted molar refractivity (Wildman–Crippen MR) is 65.0 cm³/mol. The largest absolute Gasteiger partial charge is 0.317 e. The molecule has 0 amide bonds. The Bertz CT molecular complexity index is 173. The van der Waals surface area contributed by atoms with Crippen LogP contribution in [-0.2, 0) is 0 Å². The van der Waals surface area contributed by atoms with Crippen molar-refractivity contribution in [3.05, 3.63) is 0 Å². The van der Waals surface area contributed by atoms with Crippen LogP contribution in [0.15, 0.2) is 0 Å². The van der Waals surface area contributed by atoms with E-state index in [1.165, 1.54) is 58.2 Å². The Morgan fingerprint density at radius 3 is 2.87 bits per heavy atom. The van der Waals surface area contributed by atoms with Crippen molar-refractivity contribution >= 4 is 0 Å². The molecule has 2 aliphatic rings. The molecule has 1 aliphatic heterocycles. The van der Waals surface area contributed by atoms with Crippen molar-refractivity contribution in [3.63, 3.8) is 0 Å². The van der Waals surface area contributed by atoms with Gasteiger partial charge in [-0.2, -0.15) is 0 Å². The first-order chi connectivity index (χ1) is 7.34. The molecular weight excluding hydrogens is 184 g/mol. The van der Waals surface area contributed by atoms with Crippen LogP contribution in [0, 0.1) is 11.8 Å². The summed E-state index contributed by atoms with van der Waals surface area (Å²) in [6.45, 7) is 6.10. The minimum Gasteiger partial charge on any atom is -0.317 e. The van der Waals surface area contributed by atoms with Gasteiger partial charge in [0.1, 0.15) is 0 Å². The van der Waals surface area contributed by atoms with E-state index in [0.29, 0.717) is 0 Å². The summed E-state index contributed by atoms with van der Waals surface area (Å²) in [5.41, 5.74) is 0. The highest BCUT2D eigenvalue weighted by atomic mass is 14.9. The number of hydrogen-bond acceptors (Lipinski definition) is 2. The number of nitrogens with one attached hydrogen (secondary N) is 2. The predicted octanol–water partition coefficient (Wildman–Crippen LogP) is 2.15. The molecule has 2 heteroatoms. The SMILES string of the molecule is CC1CCC(CNC2CCCNCC2)C1. The monoisotopic (exact) mass is 210 g/mol. The van der Waals surface area contributed by atoms with Gasteiger partial charge in [0, 0.05) is 6.04 Å². The topological polar surface area (TPSA) is 24.1 Å². The Labute approximate surface area is 94.2 Å². The zero-order valence-corrected chi connectivity index (χ0v) is 10.1. The van der Waals surface area contributed by atoms with Crippen molar-refractivity contribution in [2.45, 2.75) is 51.5 Å². The van der Waals surface area contributed by atoms with Gasteiger partial charge in [-0.05, 0) is 63.6 Å². The number of hydrogen-bond donors (Lipinski definition) is 2. The molecule has 3 atom stereocenters. The lowest BCUT2D eigenvalue weighted by atomic mass is 10.0. The maximum absolute atomic E-state index is 3.78. The summed E-state index contributed by atoms with van der Waals surface area (Å²) < 4.78 is 0. The fourth-order valence-electron chi connectivity index (χ4n) is 3.07. The van der Waals surface area contributed by atoms with E-state index in [1.807, 2.05) is 0 Å². The zero-order valence-electron chi connectivity index (χ0n) is 10.1. The second-order valence-corrected chi connectivity index (χ2v) is 5.57. The highest BCUT2D eigenvalue weighted by Crippen LogP contribution is 2.29. The third-order valence-electron chi connectivity index (χ3n) is 4.07. The summed E-state index contributed by atoms with van der Waals surface area (Å²) in [6, 6.07) is 0.788. The Hall–Kier alpha value is -0.0800. The lowest BCUT2D eigenvalue weighted by Crippen LogP contribution is -2.33. The van der Waals surface area contributed by atoms with Gasteiger partial charge in [-0.15, -0.1) is 0 Å². The Morgan fingerprint density at radius 2 is 2.07 bits per heavy atom. The van der Waals surface area contributed by atoms with Crippen molar-refractivity contribution in [1.29, 1.82) is 0 Å². The standard InChI is InChI=1S/C13H26N2/c1-11-4-5-12(9-11)10-15-13-3-2-7-14-8-6-13/h11-15H,2-10H2,1H3. The zero-order chi connectivity index (χ0) is 10.5. The molecule has 2 rings (SSSR count). The molecule has 1 saturated carbocycles. The third-order valence-corrected chi connectivity index (χ3v) is 4.07. The van der Waals surface area contributed by atoms with Crippen molar-refractivity contribution in [3.8, 4) is 0 Å². The molecule has 1 heterocycles. The fourth-order valence-corrected chi connectivity index (χ4v) is 3.07. The minimum atomic E-state index is 0.788. The van der Waals surface area contributed by atoms with Crippen LogP contribution < -0.4 is 10.6 Å². The molecule has 2 nitrogen and oxygen atoms in total. The normalized spacial score (nSPS) is 37.8. The van der Waals surface area contributed by atoms with E-state index in [9.17, 15) is 0 Å². The second-order valence-electron chi connectivity index (χ2n) is 5.57. The van der Waals surface area contributed by atoms with Crippen LogP contribution >= 0.6 is 0 Å². The molecule has 0 spiro atoms. The Morgan fingerprint density at radius 1 is 1.13 bits per heavy atom. The summed E-state index contributed by atoms with van der Waals surface area (Å²) >= 11 is 0. The van der Waals surface area contributed by atoms with Gasteiger partial charge in [-0.25, -0.2) is 0 Å². The molecule has 1 aliphatic carbocycles. The van der Waals surface area contributed by atoms with Crippen LogP contribution in [0.4, 0.5) is 0 Å². The number of rotatable bonds is 3. The maximum Gasteiger partial charge on any atom is 0.00797 e. The summed E-state index contributed by atoms with van der Waals surface area (Å²) in [5, 5.41) is 7.26. The molecule has 88 valence electrons. The van der Waals surface area contributed by atoms with Crippen LogP contribution in [-0.4, -0.2) is 25.7 Å². The quantitative estimate of drug-likeness (QED) is 0.746. The molecule has 0 aromatic rings. The molecule has 15 heavy (non-hydrogen) atoms. The van der Waals surface area contributed by atoms with Crippen LogP contribution in [0.25, 0.3) is 0 Å². The van der Waals surface area contributed by atoms with Crippen LogP contribution in [0.2, 0.25) is 0 Å². The average Bonchev–Trinajstić information content (AvgIpc) is 2.52. The Balaban J connectivity index is 1.63. The first-order valence-electron chi connectivity index (χ1n) is 6.78. The molecule has 0 bridgehead atoms. The molecule has 0 aromatic carbocycles. The highest BCUT2D eigenvalue weighted by molar-refractivity contribution is 4.78. The van der Waals surface area contributed by atoms with Gasteiger partial charge < -0.3 is 10.6 Å². The third kappa shape index (κ3) is 3.76. The summed E-state index contributed by atoms with van der Waals surface area (Å²) in [6.07, 6.45) is 8.41. The summed E-state index contributed by atoms with van der Waals surface area (Å²) in [5.74, 6) is 1.95. The average molecular weight is 210 g/mol. The summed E-state index contributed by atoms with van der Waals surface area (Å²) in [7, 11) is 0. The first kappa shape index (κ1) is 11.4. The maximum atomic E-state index is 3.78. The van der Waals surface area contributed by atoms with Gasteiger partial charge >= 0.3 is 0 Å². The molecule has 1 saturated heterocycles. The molecule has 2 N–H and O–H groups in total. The molecule has 3 unspecified atom stereocenters. The van der Waals surface area contributed by atoms with Gasteiger partial charge in [-0.1, -0.05) is 13.3 Å². The van der Waals surface area contributed by atoms with E-state index >= 15 is 0 Å². The van der Waals surface area contributed by atoms with Crippen LogP contribution in [0.5, 0.6) is 0 Å². The smallest absolute Gasteiger partial charge is 0.00797 e. The lowest BCUT2D eigenvalue weighted by molar-refractivity contribution is 0.401. The van der Waals surface area contributed by atoms with Gasteiger partial charge in [0.05, 0.1) is 0 Å². The first-order valence-corrected chi connectivity index (χ1v) is 6.78. The molecule has 0 radical (unpaired) electrons. The minimum absolute atomic E-state index is 0.788. The molecule has 2 fully saturated rings. The van der Waals surface area contributed by atoms with Gasteiger partial charge in [0.15, 0.2) is 0 Å². The van der Waals surface area contributed by atoms with Crippen molar-refractivity contribution in [1.82, 2.24) is 10.6 Å². The van der Waals surface area contributed by atoms with E-state index in [4.69, 9.17) is 0 Å². The van der Waals surface area contributed by atoms with Crippen LogP contribution in [0.1, 0.15) is 45.4 Å². The highest BCUT2D eigenvalue weighted by Gasteiger charge is 2.22. The fraction of sp³-hybridized carbons (Fsp3) is 1.00. The van der Waals surface area contributed by atoms with Gasteiger partial charge in [0.2, 0.25) is 0 Å². The van der Waals surface area contributed by atoms with Gasteiger partial charge in [0.25, 0.3) is 0 Å². The van der Waals surface area contributed by atoms with Crippen molar-refractivity contribution < 1.29 is 0 Å². The van der Waals surface area contributed by atoms with E-state index in [-0.39, 0.29) is 0 Å². The molecular formula is C13H26N2. The van der Waals surface area contributed by atoms with E-state index in [2.05, 4.69) is 17.6 Å². The van der Waals surface area contributed by atoms with Crippen molar-refractivity contribution in [2.24, 2.45) is 11.8 Å². The van der Waals surface area contributed by atoms with E-state index < -0.39 is 0 Å². The van der Waals surface area contributed by atoms with Crippen LogP contribution in [0.3, 0.4) is 0 Å². The van der Waals surface area contributed by atoms with E-state index in [1.54, 1.807) is 0 Å². The van der Waals surface area contributed by atoms with Crippen molar-refractivity contribution in [2.75, 3.05) is 19.6 Å². The Kier molecular flexibility index (Phi) is 4.45. The second kappa shape index (κ2) is 5.86.